The van der Waals surface area contributed by atoms with Crippen molar-refractivity contribution in [3.8, 4) is 27.4 Å². The molecule has 0 aliphatic heterocycles. The summed E-state index contributed by atoms with van der Waals surface area (Å²) in [5, 5.41) is 10.7. The van der Waals surface area contributed by atoms with E-state index in [4.69, 9.17) is 4.74 Å². The highest BCUT2D eigenvalue weighted by Gasteiger charge is 2.08. The Labute approximate surface area is 176 Å². The van der Waals surface area contributed by atoms with E-state index in [1.807, 2.05) is 31.2 Å². The summed E-state index contributed by atoms with van der Waals surface area (Å²) in [6, 6.07) is 15.9. The van der Waals surface area contributed by atoms with E-state index in [9.17, 15) is 4.79 Å². The van der Waals surface area contributed by atoms with E-state index in [2.05, 4.69) is 41.4 Å². The Hall–Kier alpha value is -2.79. The maximum atomic E-state index is 11.7. The van der Waals surface area contributed by atoms with Gasteiger partial charge in [0.2, 0.25) is 0 Å². The van der Waals surface area contributed by atoms with Crippen molar-refractivity contribution in [3.05, 3.63) is 65.7 Å². The second kappa shape index (κ2) is 10.7. The zero-order chi connectivity index (χ0) is 20.5. The molecule has 5 heteroatoms. The van der Waals surface area contributed by atoms with Crippen LogP contribution in [0.4, 0.5) is 0 Å². The highest BCUT2D eigenvalue weighted by Crippen LogP contribution is 2.28. The molecule has 0 spiro atoms. The molecule has 0 saturated heterocycles. The van der Waals surface area contributed by atoms with Gasteiger partial charge in [-0.25, -0.2) is 4.79 Å². The van der Waals surface area contributed by atoms with Gasteiger partial charge in [0.15, 0.2) is 0 Å². The first-order valence-electron chi connectivity index (χ1n) is 10.1. The van der Waals surface area contributed by atoms with E-state index >= 15 is 0 Å². The summed E-state index contributed by atoms with van der Waals surface area (Å²) in [6.07, 6.45) is 8.67. The Balaban J connectivity index is 1.64. The number of unbranched alkanes of at least 4 members (excludes halogenated alkanes) is 2. The van der Waals surface area contributed by atoms with Gasteiger partial charge in [-0.2, -0.15) is 0 Å². The Kier molecular flexibility index (Phi) is 7.70. The van der Waals surface area contributed by atoms with Crippen LogP contribution in [-0.2, 0) is 11.2 Å². The summed E-state index contributed by atoms with van der Waals surface area (Å²) in [7, 11) is 0. The number of allylic oxidation sites excluding steroid dienone is 1. The smallest absolute Gasteiger partial charge is 0.335 e. The number of carbonyl (C=O) groups is 1. The number of hydrogen-bond acceptors (Lipinski definition) is 5. The van der Waals surface area contributed by atoms with Crippen LogP contribution in [0.5, 0.6) is 5.75 Å². The number of ether oxygens (including phenoxy) is 1. The largest absolute Gasteiger partial charge is 0.423 e. The highest BCUT2D eigenvalue weighted by atomic mass is 32.1. The Morgan fingerprint density at radius 2 is 1.59 bits per heavy atom. The van der Waals surface area contributed by atoms with Gasteiger partial charge in [0.05, 0.1) is 0 Å². The number of aryl methyl sites for hydroxylation is 1. The van der Waals surface area contributed by atoms with E-state index in [1.165, 1.54) is 25.3 Å². The monoisotopic (exact) mass is 406 g/mol. The lowest BCUT2D eigenvalue weighted by atomic mass is 10.0. The minimum Gasteiger partial charge on any atom is -0.423 e. The lowest BCUT2D eigenvalue weighted by Crippen LogP contribution is -2.03. The van der Waals surface area contributed by atoms with E-state index in [0.717, 1.165) is 39.5 Å². The molecule has 2 aromatic carbocycles. The molecule has 29 heavy (non-hydrogen) atoms. The summed E-state index contributed by atoms with van der Waals surface area (Å²) in [5.41, 5.74) is 3.25. The lowest BCUT2D eigenvalue weighted by molar-refractivity contribution is -0.129. The van der Waals surface area contributed by atoms with Crippen LogP contribution in [0.25, 0.3) is 21.7 Å². The van der Waals surface area contributed by atoms with Crippen LogP contribution in [0, 0.1) is 0 Å². The molecular weight excluding hydrogens is 380 g/mol. The fourth-order valence-corrected chi connectivity index (χ4v) is 3.77. The molecule has 3 rings (SSSR count). The fourth-order valence-electron chi connectivity index (χ4n) is 2.88. The molecule has 3 aromatic rings. The highest BCUT2D eigenvalue weighted by molar-refractivity contribution is 7.14. The topological polar surface area (TPSA) is 52.1 Å². The number of rotatable bonds is 9. The maximum absolute atomic E-state index is 11.7. The van der Waals surface area contributed by atoms with Gasteiger partial charge < -0.3 is 4.74 Å². The Morgan fingerprint density at radius 3 is 2.24 bits per heavy atom. The normalized spacial score (nSPS) is 11.1. The number of hydrogen-bond donors (Lipinski definition) is 0. The van der Waals surface area contributed by atoms with Crippen molar-refractivity contribution in [1.29, 1.82) is 0 Å². The molecule has 1 aromatic heterocycles. The molecule has 0 N–H and O–H groups in total. The summed E-state index contributed by atoms with van der Waals surface area (Å²) in [5.74, 6) is 0.190. The predicted octanol–water partition coefficient (Wildman–Crippen LogP) is 6.48. The third-order valence-electron chi connectivity index (χ3n) is 4.49. The molecule has 1 heterocycles. The molecule has 4 nitrogen and oxygen atoms in total. The third kappa shape index (κ3) is 6.09. The van der Waals surface area contributed by atoms with Crippen LogP contribution in [0.3, 0.4) is 0 Å². The van der Waals surface area contributed by atoms with Crippen molar-refractivity contribution >= 4 is 17.3 Å². The van der Waals surface area contributed by atoms with Gasteiger partial charge in [-0.1, -0.05) is 80.5 Å². The molecule has 0 saturated carbocycles. The molecule has 0 aliphatic rings. The fraction of sp³-hybridized carbons (Fsp3) is 0.292. The number of carbonyl (C=O) groups excluding carboxylic acids is 1. The minimum atomic E-state index is -0.352. The van der Waals surface area contributed by atoms with Crippen molar-refractivity contribution in [3.63, 3.8) is 0 Å². The Morgan fingerprint density at radius 1 is 0.931 bits per heavy atom. The first kappa shape index (κ1) is 20.9. The molecule has 0 atom stereocenters. The van der Waals surface area contributed by atoms with Gasteiger partial charge in [0.25, 0.3) is 0 Å². The summed E-state index contributed by atoms with van der Waals surface area (Å²) in [6.45, 7) is 4.18. The van der Waals surface area contributed by atoms with E-state index in [-0.39, 0.29) is 5.97 Å². The van der Waals surface area contributed by atoms with Gasteiger partial charge in [0, 0.05) is 18.1 Å². The number of esters is 1. The third-order valence-corrected chi connectivity index (χ3v) is 5.52. The lowest BCUT2D eigenvalue weighted by Gasteiger charge is -2.05. The van der Waals surface area contributed by atoms with Crippen molar-refractivity contribution in [2.45, 2.75) is 46.0 Å². The number of nitrogens with zero attached hydrogens (tertiary/aromatic N) is 2. The van der Waals surface area contributed by atoms with E-state index in [0.29, 0.717) is 5.75 Å². The van der Waals surface area contributed by atoms with Gasteiger partial charge in [-0.05, 0) is 36.1 Å². The number of aromatic nitrogens is 2. The van der Waals surface area contributed by atoms with Crippen molar-refractivity contribution in [2.24, 2.45) is 0 Å². The molecule has 0 amide bonds. The van der Waals surface area contributed by atoms with Crippen molar-refractivity contribution < 1.29 is 9.53 Å². The van der Waals surface area contributed by atoms with Crippen LogP contribution in [0.1, 0.15) is 44.5 Å². The molecular formula is C24H26N2O2S. The molecule has 0 aliphatic carbocycles. The van der Waals surface area contributed by atoms with Crippen LogP contribution in [0.15, 0.2) is 60.7 Å². The minimum absolute atomic E-state index is 0.352. The van der Waals surface area contributed by atoms with Gasteiger partial charge >= 0.3 is 5.97 Å². The van der Waals surface area contributed by atoms with Gasteiger partial charge in [0.1, 0.15) is 15.8 Å². The van der Waals surface area contributed by atoms with Crippen LogP contribution < -0.4 is 4.74 Å². The average molecular weight is 407 g/mol. The summed E-state index contributed by atoms with van der Waals surface area (Å²) >= 11 is 1.68. The summed E-state index contributed by atoms with van der Waals surface area (Å²) in [4.78, 5) is 11.7. The molecule has 0 radical (unpaired) electrons. The first-order valence-corrected chi connectivity index (χ1v) is 10.9. The van der Waals surface area contributed by atoms with Crippen LogP contribution >= 0.6 is 11.3 Å². The number of benzene rings is 2. The van der Waals surface area contributed by atoms with Gasteiger partial charge in [-0.15, -0.1) is 10.2 Å². The van der Waals surface area contributed by atoms with Crippen molar-refractivity contribution in [2.75, 3.05) is 0 Å². The van der Waals surface area contributed by atoms with Crippen LogP contribution in [0.2, 0.25) is 0 Å². The molecule has 0 fully saturated rings. The molecule has 150 valence electrons. The standard InChI is InChI=1S/C24H26N2O2S/c1-3-5-7-8-22-25-26-24(29-22)20-12-10-18(11-13-20)19-14-16-21(17-15-19)28-23(27)9-6-4-2/h6,9-17H,3-5,7-8H2,1-2H3/b9-6+. The summed E-state index contributed by atoms with van der Waals surface area (Å²) < 4.78 is 5.28. The predicted molar refractivity (Wildman–Crippen MR) is 119 cm³/mol. The average Bonchev–Trinajstić information content (AvgIpc) is 3.22. The molecule has 0 bridgehead atoms. The van der Waals surface area contributed by atoms with E-state index in [1.54, 1.807) is 17.4 Å². The van der Waals surface area contributed by atoms with E-state index < -0.39 is 0 Å². The van der Waals surface area contributed by atoms with Gasteiger partial charge in [-0.3, -0.25) is 0 Å². The van der Waals surface area contributed by atoms with Crippen LogP contribution in [-0.4, -0.2) is 16.2 Å². The quantitative estimate of drug-likeness (QED) is 0.177. The van der Waals surface area contributed by atoms with Crippen molar-refractivity contribution in [1.82, 2.24) is 10.2 Å². The first-order chi connectivity index (χ1) is 14.2. The maximum Gasteiger partial charge on any atom is 0.335 e. The second-order valence-corrected chi connectivity index (χ2v) is 7.85. The Bertz CT molecular complexity index is 944. The molecule has 0 unspecified atom stereocenters. The SMILES string of the molecule is CC/C=C/C(=O)Oc1ccc(-c2ccc(-c3nnc(CCCCC)s3)cc2)cc1. The zero-order valence-corrected chi connectivity index (χ0v) is 17.7. The zero-order valence-electron chi connectivity index (χ0n) is 16.9. The second-order valence-electron chi connectivity index (χ2n) is 6.79.